The average molecular weight is 425 g/mol. The molecule has 1 fully saturated rings. The summed E-state index contributed by atoms with van der Waals surface area (Å²) in [6.07, 6.45) is 6.30. The average Bonchev–Trinajstić information content (AvgIpc) is 3.20. The van der Waals surface area contributed by atoms with Gasteiger partial charge in [-0.2, -0.15) is 0 Å². The van der Waals surface area contributed by atoms with E-state index in [9.17, 15) is 4.79 Å². The minimum atomic E-state index is 0.102. The number of carbonyl (C=O) groups is 1. The fraction of sp³-hybridized carbons (Fsp3) is 0.455. The third kappa shape index (κ3) is 4.94. The molecule has 1 aliphatic rings. The topological polar surface area (TPSA) is 74.2 Å². The van der Waals surface area contributed by atoms with Crippen molar-refractivity contribution in [2.45, 2.75) is 19.3 Å². The highest BCUT2D eigenvalue weighted by molar-refractivity contribution is 7.21. The highest BCUT2D eigenvalue weighted by atomic mass is 32.1. The van der Waals surface area contributed by atoms with Crippen molar-refractivity contribution in [2.24, 2.45) is 5.92 Å². The van der Waals surface area contributed by atoms with E-state index in [0.717, 1.165) is 72.2 Å². The number of amides is 1. The zero-order valence-electron chi connectivity index (χ0n) is 17.5. The number of pyridine rings is 2. The van der Waals surface area contributed by atoms with Gasteiger partial charge >= 0.3 is 0 Å². The van der Waals surface area contributed by atoms with Crippen molar-refractivity contribution in [1.29, 1.82) is 0 Å². The van der Waals surface area contributed by atoms with Gasteiger partial charge in [-0.25, -0.2) is 9.97 Å². The zero-order valence-corrected chi connectivity index (χ0v) is 18.4. The molecule has 30 heavy (non-hydrogen) atoms. The van der Waals surface area contributed by atoms with Crippen LogP contribution in [-0.4, -0.2) is 66.0 Å². The molecule has 0 aromatic carbocycles. The highest BCUT2D eigenvalue weighted by Crippen LogP contribution is 2.32. The van der Waals surface area contributed by atoms with E-state index in [2.05, 4.69) is 34.2 Å². The second kappa shape index (κ2) is 9.49. The number of anilines is 1. The molecule has 0 unspecified atom stereocenters. The van der Waals surface area contributed by atoms with E-state index in [4.69, 9.17) is 9.97 Å². The van der Waals surface area contributed by atoms with Gasteiger partial charge in [-0.3, -0.25) is 9.78 Å². The van der Waals surface area contributed by atoms with Crippen LogP contribution in [0.5, 0.6) is 0 Å². The maximum Gasteiger partial charge on any atom is 0.223 e. The van der Waals surface area contributed by atoms with Gasteiger partial charge in [-0.15, -0.1) is 0 Å². The van der Waals surface area contributed by atoms with E-state index in [1.807, 2.05) is 30.5 Å². The summed E-state index contributed by atoms with van der Waals surface area (Å²) in [7, 11) is 4.10. The van der Waals surface area contributed by atoms with Crippen LogP contribution in [0.2, 0.25) is 0 Å². The van der Waals surface area contributed by atoms with E-state index in [1.165, 1.54) is 0 Å². The molecule has 0 radical (unpaired) electrons. The number of hydrogen-bond acceptors (Lipinski definition) is 7. The number of nitrogens with one attached hydrogen (secondary N) is 1. The van der Waals surface area contributed by atoms with Crippen molar-refractivity contribution in [3.05, 3.63) is 36.7 Å². The number of rotatable bonds is 7. The molecule has 0 saturated carbocycles. The van der Waals surface area contributed by atoms with Crippen molar-refractivity contribution in [3.8, 4) is 11.3 Å². The number of piperidine rings is 1. The molecule has 3 aromatic rings. The monoisotopic (exact) mass is 424 g/mol. The maximum absolute atomic E-state index is 12.4. The first-order chi connectivity index (χ1) is 14.6. The van der Waals surface area contributed by atoms with Crippen LogP contribution in [0.1, 0.15) is 19.3 Å². The van der Waals surface area contributed by atoms with Crippen LogP contribution in [0.4, 0.5) is 5.13 Å². The number of hydrogen-bond donors (Lipinski definition) is 1. The molecule has 158 valence electrons. The van der Waals surface area contributed by atoms with Crippen LogP contribution < -0.4 is 10.2 Å². The first-order valence-corrected chi connectivity index (χ1v) is 11.3. The Balaban J connectivity index is 1.35. The standard InChI is InChI=1S/C22H28N6OS/c1-27(2)12-4-11-24-20(29)16-8-13-28(14-9-16)22-26-19-7-6-18(25-21(19)30-22)17-5-3-10-23-15-17/h3,5-7,10,15-16H,4,8-9,11-14H2,1-2H3,(H,24,29). The molecule has 7 nitrogen and oxygen atoms in total. The first kappa shape index (κ1) is 20.7. The van der Waals surface area contributed by atoms with Gasteiger partial charge in [0.15, 0.2) is 5.13 Å². The van der Waals surface area contributed by atoms with Crippen LogP contribution in [0.25, 0.3) is 21.6 Å². The van der Waals surface area contributed by atoms with E-state index >= 15 is 0 Å². The van der Waals surface area contributed by atoms with Crippen molar-refractivity contribution in [2.75, 3.05) is 45.2 Å². The molecule has 4 rings (SSSR count). The van der Waals surface area contributed by atoms with E-state index < -0.39 is 0 Å². The predicted molar refractivity (Wildman–Crippen MR) is 122 cm³/mol. The molecule has 0 spiro atoms. The van der Waals surface area contributed by atoms with Crippen LogP contribution in [0.3, 0.4) is 0 Å². The van der Waals surface area contributed by atoms with Crippen molar-refractivity contribution in [1.82, 2.24) is 25.2 Å². The number of carbonyl (C=O) groups excluding carboxylic acids is 1. The third-order valence-electron chi connectivity index (χ3n) is 5.42. The fourth-order valence-electron chi connectivity index (χ4n) is 3.70. The summed E-state index contributed by atoms with van der Waals surface area (Å²) in [4.78, 5) is 31.5. The predicted octanol–water partition coefficient (Wildman–Crippen LogP) is 3.04. The van der Waals surface area contributed by atoms with Gasteiger partial charge in [0, 0.05) is 43.5 Å². The zero-order chi connectivity index (χ0) is 20.9. The Bertz CT molecular complexity index is 982. The summed E-state index contributed by atoms with van der Waals surface area (Å²) in [6, 6.07) is 7.95. The minimum absolute atomic E-state index is 0.102. The molecular weight excluding hydrogens is 396 g/mol. The Labute approximate surface area is 181 Å². The van der Waals surface area contributed by atoms with E-state index in [1.54, 1.807) is 17.5 Å². The summed E-state index contributed by atoms with van der Waals surface area (Å²) in [5.74, 6) is 0.297. The second-order valence-electron chi connectivity index (χ2n) is 7.97. The fourth-order valence-corrected chi connectivity index (χ4v) is 4.69. The largest absolute Gasteiger partial charge is 0.356 e. The molecule has 1 amide bonds. The SMILES string of the molecule is CN(C)CCCNC(=O)C1CCN(c2nc3ccc(-c4cccnc4)nc3s2)CC1. The second-order valence-corrected chi connectivity index (χ2v) is 8.92. The molecule has 0 bridgehead atoms. The summed E-state index contributed by atoms with van der Waals surface area (Å²) >= 11 is 1.62. The minimum Gasteiger partial charge on any atom is -0.356 e. The lowest BCUT2D eigenvalue weighted by Crippen LogP contribution is -2.41. The van der Waals surface area contributed by atoms with Crippen molar-refractivity contribution >= 4 is 32.7 Å². The van der Waals surface area contributed by atoms with Crippen molar-refractivity contribution in [3.63, 3.8) is 0 Å². The van der Waals surface area contributed by atoms with Gasteiger partial charge in [-0.05, 0) is 64.2 Å². The molecule has 0 atom stereocenters. The Kier molecular flexibility index (Phi) is 6.54. The molecule has 1 N–H and O–H groups in total. The molecule has 1 aliphatic heterocycles. The van der Waals surface area contributed by atoms with Crippen LogP contribution in [0, 0.1) is 5.92 Å². The van der Waals surface area contributed by atoms with Gasteiger partial charge in [0.05, 0.1) is 5.69 Å². The van der Waals surface area contributed by atoms with Gasteiger partial charge in [0.25, 0.3) is 0 Å². The normalized spacial score (nSPS) is 15.1. The number of aromatic nitrogens is 3. The molecule has 1 saturated heterocycles. The smallest absolute Gasteiger partial charge is 0.223 e. The lowest BCUT2D eigenvalue weighted by Gasteiger charge is -2.31. The summed E-state index contributed by atoms with van der Waals surface area (Å²) < 4.78 is 0. The van der Waals surface area contributed by atoms with Gasteiger partial charge in [0.1, 0.15) is 10.3 Å². The Morgan fingerprint density at radius 1 is 1.23 bits per heavy atom. The van der Waals surface area contributed by atoms with Crippen LogP contribution in [0.15, 0.2) is 36.7 Å². The lowest BCUT2D eigenvalue weighted by atomic mass is 9.96. The number of fused-ring (bicyclic) bond motifs is 1. The van der Waals surface area contributed by atoms with Crippen molar-refractivity contribution < 1.29 is 4.79 Å². The van der Waals surface area contributed by atoms with E-state index in [-0.39, 0.29) is 11.8 Å². The maximum atomic E-state index is 12.4. The summed E-state index contributed by atoms with van der Waals surface area (Å²) in [6.45, 7) is 3.45. The molecule has 8 heteroatoms. The summed E-state index contributed by atoms with van der Waals surface area (Å²) in [5, 5.41) is 4.08. The van der Waals surface area contributed by atoms with E-state index in [0.29, 0.717) is 0 Å². The van der Waals surface area contributed by atoms with Gasteiger partial charge in [-0.1, -0.05) is 11.3 Å². The third-order valence-corrected chi connectivity index (χ3v) is 6.44. The lowest BCUT2D eigenvalue weighted by molar-refractivity contribution is -0.125. The van der Waals surface area contributed by atoms with Gasteiger partial charge < -0.3 is 15.1 Å². The first-order valence-electron chi connectivity index (χ1n) is 10.5. The number of thiazole rings is 1. The molecular formula is C22H28N6OS. The Morgan fingerprint density at radius 2 is 2.07 bits per heavy atom. The van der Waals surface area contributed by atoms with Crippen LogP contribution in [-0.2, 0) is 4.79 Å². The molecule has 4 heterocycles. The van der Waals surface area contributed by atoms with Crippen LogP contribution >= 0.6 is 11.3 Å². The molecule has 3 aromatic heterocycles. The Morgan fingerprint density at radius 3 is 2.80 bits per heavy atom. The summed E-state index contributed by atoms with van der Waals surface area (Å²) in [5.41, 5.74) is 2.84. The quantitative estimate of drug-likeness (QED) is 0.588. The number of nitrogens with zero attached hydrogens (tertiary/aromatic N) is 5. The van der Waals surface area contributed by atoms with Gasteiger partial charge in [0.2, 0.25) is 5.91 Å². The molecule has 0 aliphatic carbocycles. The Hall–Kier alpha value is -2.58. The highest BCUT2D eigenvalue weighted by Gasteiger charge is 2.26.